The minimum absolute atomic E-state index is 0.0193. The molecule has 0 fully saturated rings. The number of ether oxygens (including phenoxy) is 1. The first-order valence-electron chi connectivity index (χ1n) is 7.38. The molecule has 1 N–H and O–H groups in total. The van der Waals surface area contributed by atoms with Crippen LogP contribution in [0.15, 0.2) is 42.5 Å². The number of anilines is 1. The van der Waals surface area contributed by atoms with Crippen molar-refractivity contribution in [3.8, 4) is 16.9 Å². The molecule has 0 saturated carbocycles. The maximum Gasteiger partial charge on any atom is 0.229 e. The molecule has 116 valence electrons. The Morgan fingerprint density at radius 3 is 2.23 bits per heavy atom. The van der Waals surface area contributed by atoms with Crippen molar-refractivity contribution in [2.24, 2.45) is 5.41 Å². The fourth-order valence-corrected chi connectivity index (χ4v) is 2.05. The van der Waals surface area contributed by atoms with E-state index in [9.17, 15) is 4.79 Å². The van der Waals surface area contributed by atoms with Crippen LogP contribution in [-0.4, -0.2) is 13.0 Å². The number of benzene rings is 2. The van der Waals surface area contributed by atoms with E-state index >= 15 is 0 Å². The van der Waals surface area contributed by atoms with Gasteiger partial charge in [0.2, 0.25) is 5.91 Å². The smallest absolute Gasteiger partial charge is 0.229 e. The topological polar surface area (TPSA) is 38.3 Å². The fraction of sp³-hybridized carbons (Fsp3) is 0.316. The Kier molecular flexibility index (Phi) is 4.55. The Balaban J connectivity index is 2.45. The summed E-state index contributed by atoms with van der Waals surface area (Å²) in [5.41, 5.74) is 3.57. The summed E-state index contributed by atoms with van der Waals surface area (Å²) in [5.74, 6) is 0.703. The van der Waals surface area contributed by atoms with Gasteiger partial charge in [0.05, 0.1) is 12.8 Å². The largest absolute Gasteiger partial charge is 0.497 e. The summed E-state index contributed by atoms with van der Waals surface area (Å²) < 4.78 is 5.28. The van der Waals surface area contributed by atoms with Crippen LogP contribution in [0.4, 0.5) is 5.69 Å². The van der Waals surface area contributed by atoms with E-state index in [1.165, 1.54) is 5.56 Å². The Morgan fingerprint density at radius 1 is 1.05 bits per heavy atom. The standard InChI is InChI=1S/C19H23NO2/c1-13-6-8-14(9-7-13)16-11-10-15(22-5)12-17(16)20-18(21)19(2,3)4/h6-12H,1-5H3,(H,20,21). The summed E-state index contributed by atoms with van der Waals surface area (Å²) in [6.45, 7) is 7.75. The zero-order valence-electron chi connectivity index (χ0n) is 13.9. The molecule has 3 nitrogen and oxygen atoms in total. The van der Waals surface area contributed by atoms with E-state index in [1.54, 1.807) is 7.11 Å². The third kappa shape index (κ3) is 3.67. The molecule has 22 heavy (non-hydrogen) atoms. The summed E-state index contributed by atoms with van der Waals surface area (Å²) >= 11 is 0. The van der Waals surface area contributed by atoms with Crippen LogP contribution in [0.1, 0.15) is 26.3 Å². The van der Waals surface area contributed by atoms with Gasteiger partial charge in [-0.2, -0.15) is 0 Å². The first kappa shape index (κ1) is 16.1. The predicted molar refractivity (Wildman–Crippen MR) is 91.3 cm³/mol. The quantitative estimate of drug-likeness (QED) is 0.895. The summed E-state index contributed by atoms with van der Waals surface area (Å²) in [6.07, 6.45) is 0. The zero-order valence-corrected chi connectivity index (χ0v) is 13.9. The average Bonchev–Trinajstić information content (AvgIpc) is 2.47. The van der Waals surface area contributed by atoms with Crippen molar-refractivity contribution in [2.75, 3.05) is 12.4 Å². The number of methoxy groups -OCH3 is 1. The zero-order chi connectivity index (χ0) is 16.3. The van der Waals surface area contributed by atoms with Crippen LogP contribution in [0.5, 0.6) is 5.75 Å². The van der Waals surface area contributed by atoms with Gasteiger partial charge in [0.15, 0.2) is 0 Å². The molecular weight excluding hydrogens is 274 g/mol. The van der Waals surface area contributed by atoms with Gasteiger partial charge >= 0.3 is 0 Å². The van der Waals surface area contributed by atoms with Gasteiger partial charge in [0.25, 0.3) is 0 Å². The maximum atomic E-state index is 12.3. The van der Waals surface area contributed by atoms with Gasteiger partial charge in [-0.15, -0.1) is 0 Å². The molecule has 0 aromatic heterocycles. The minimum atomic E-state index is -0.451. The number of hydrogen-bond donors (Lipinski definition) is 1. The summed E-state index contributed by atoms with van der Waals surface area (Å²) in [4.78, 5) is 12.3. The molecule has 0 atom stereocenters. The molecule has 0 bridgehead atoms. The number of rotatable bonds is 3. The molecule has 1 amide bonds. The average molecular weight is 297 g/mol. The lowest BCUT2D eigenvalue weighted by Crippen LogP contribution is -2.27. The SMILES string of the molecule is COc1ccc(-c2ccc(C)cc2)c(NC(=O)C(C)(C)C)c1. The molecule has 2 rings (SSSR count). The molecule has 2 aromatic carbocycles. The highest BCUT2D eigenvalue weighted by Gasteiger charge is 2.22. The van der Waals surface area contributed by atoms with Gasteiger partial charge in [-0.25, -0.2) is 0 Å². The summed E-state index contributed by atoms with van der Waals surface area (Å²) in [6, 6.07) is 14.0. The van der Waals surface area contributed by atoms with Crippen molar-refractivity contribution >= 4 is 11.6 Å². The Morgan fingerprint density at radius 2 is 1.68 bits per heavy atom. The Hall–Kier alpha value is -2.29. The molecule has 0 unspecified atom stereocenters. The highest BCUT2D eigenvalue weighted by molar-refractivity contribution is 5.98. The molecule has 2 aromatic rings. The second-order valence-corrected chi connectivity index (χ2v) is 6.48. The van der Waals surface area contributed by atoms with E-state index in [0.717, 1.165) is 22.6 Å². The monoisotopic (exact) mass is 297 g/mol. The predicted octanol–water partition coefficient (Wildman–Crippen LogP) is 4.66. The Labute approximate surface area is 132 Å². The molecule has 0 aliphatic heterocycles. The lowest BCUT2D eigenvalue weighted by atomic mass is 9.95. The minimum Gasteiger partial charge on any atom is -0.497 e. The van der Waals surface area contributed by atoms with E-state index < -0.39 is 5.41 Å². The van der Waals surface area contributed by atoms with Crippen molar-refractivity contribution < 1.29 is 9.53 Å². The number of aryl methyl sites for hydroxylation is 1. The van der Waals surface area contributed by atoms with E-state index in [0.29, 0.717) is 0 Å². The van der Waals surface area contributed by atoms with Crippen molar-refractivity contribution in [3.63, 3.8) is 0 Å². The van der Waals surface area contributed by atoms with Crippen molar-refractivity contribution in [1.29, 1.82) is 0 Å². The van der Waals surface area contributed by atoms with Crippen LogP contribution in [0.25, 0.3) is 11.1 Å². The van der Waals surface area contributed by atoms with E-state index in [1.807, 2.05) is 39.0 Å². The summed E-state index contributed by atoms with van der Waals surface area (Å²) in [5, 5.41) is 3.02. The normalized spacial score (nSPS) is 11.1. The first-order chi connectivity index (χ1) is 10.3. The number of nitrogens with one attached hydrogen (secondary N) is 1. The van der Waals surface area contributed by atoms with Crippen LogP contribution in [0, 0.1) is 12.3 Å². The molecule has 0 spiro atoms. The van der Waals surface area contributed by atoms with Gasteiger partial charge in [0.1, 0.15) is 5.75 Å². The Bertz CT molecular complexity index is 667. The molecule has 0 radical (unpaired) electrons. The van der Waals surface area contributed by atoms with Crippen molar-refractivity contribution in [2.45, 2.75) is 27.7 Å². The van der Waals surface area contributed by atoms with Crippen LogP contribution in [-0.2, 0) is 4.79 Å². The fourth-order valence-electron chi connectivity index (χ4n) is 2.05. The lowest BCUT2D eigenvalue weighted by molar-refractivity contribution is -0.123. The number of carbonyl (C=O) groups excluding carboxylic acids is 1. The van der Waals surface area contributed by atoms with Gasteiger partial charge in [0, 0.05) is 17.0 Å². The molecule has 3 heteroatoms. The molecule has 0 aliphatic rings. The molecule has 0 aliphatic carbocycles. The number of carbonyl (C=O) groups is 1. The number of hydrogen-bond acceptors (Lipinski definition) is 2. The third-order valence-electron chi connectivity index (χ3n) is 3.52. The molecule has 0 saturated heterocycles. The van der Waals surface area contributed by atoms with Gasteiger partial charge in [-0.1, -0.05) is 50.6 Å². The highest BCUT2D eigenvalue weighted by Crippen LogP contribution is 2.32. The molecular formula is C19H23NO2. The van der Waals surface area contributed by atoms with Gasteiger partial charge < -0.3 is 10.1 Å². The van der Waals surface area contributed by atoms with Crippen molar-refractivity contribution in [3.05, 3.63) is 48.0 Å². The van der Waals surface area contributed by atoms with E-state index in [-0.39, 0.29) is 5.91 Å². The van der Waals surface area contributed by atoms with E-state index in [2.05, 4.69) is 36.5 Å². The maximum absolute atomic E-state index is 12.3. The summed E-state index contributed by atoms with van der Waals surface area (Å²) in [7, 11) is 1.62. The lowest BCUT2D eigenvalue weighted by Gasteiger charge is -2.20. The van der Waals surface area contributed by atoms with Crippen LogP contribution >= 0.6 is 0 Å². The third-order valence-corrected chi connectivity index (χ3v) is 3.52. The van der Waals surface area contributed by atoms with Gasteiger partial charge in [-0.05, 0) is 24.6 Å². The first-order valence-corrected chi connectivity index (χ1v) is 7.38. The van der Waals surface area contributed by atoms with Crippen LogP contribution in [0.2, 0.25) is 0 Å². The van der Waals surface area contributed by atoms with Crippen molar-refractivity contribution in [1.82, 2.24) is 0 Å². The van der Waals surface area contributed by atoms with Crippen LogP contribution < -0.4 is 10.1 Å². The highest BCUT2D eigenvalue weighted by atomic mass is 16.5. The van der Waals surface area contributed by atoms with Crippen LogP contribution in [0.3, 0.4) is 0 Å². The second kappa shape index (κ2) is 6.22. The van der Waals surface area contributed by atoms with E-state index in [4.69, 9.17) is 4.74 Å². The second-order valence-electron chi connectivity index (χ2n) is 6.48. The number of amides is 1. The molecule has 0 heterocycles. The van der Waals surface area contributed by atoms with Gasteiger partial charge in [-0.3, -0.25) is 4.79 Å².